The molecule has 2 aliphatic rings. The Hall–Kier alpha value is -0.960. The quantitative estimate of drug-likeness (QED) is 0.756. The Balaban J connectivity index is 1.89. The van der Waals surface area contributed by atoms with Gasteiger partial charge in [-0.05, 0) is 45.1 Å². The van der Waals surface area contributed by atoms with Crippen LogP contribution >= 0.6 is 0 Å². The predicted octanol–water partition coefficient (Wildman–Crippen LogP) is 1.78. The van der Waals surface area contributed by atoms with Crippen LogP contribution in [0.2, 0.25) is 0 Å². The molecule has 1 unspecified atom stereocenters. The molecule has 0 spiro atoms. The zero-order valence-electron chi connectivity index (χ0n) is 9.00. The molecular formula is C12H17N3. The van der Waals surface area contributed by atoms with Gasteiger partial charge in [0.1, 0.15) is 0 Å². The SMILES string of the molecule is c1nc2c(nc1C1CCCN1)CCCC2. The van der Waals surface area contributed by atoms with Gasteiger partial charge in [-0.15, -0.1) is 0 Å². The smallest absolute Gasteiger partial charge is 0.0759 e. The lowest BCUT2D eigenvalue weighted by molar-refractivity contribution is 0.594. The number of fused-ring (bicyclic) bond motifs is 1. The molecule has 0 aromatic carbocycles. The van der Waals surface area contributed by atoms with Crippen molar-refractivity contribution in [2.75, 3.05) is 6.54 Å². The second-order valence-electron chi connectivity index (χ2n) is 4.54. The fourth-order valence-electron chi connectivity index (χ4n) is 2.57. The van der Waals surface area contributed by atoms with E-state index in [1.807, 2.05) is 6.20 Å². The lowest BCUT2D eigenvalue weighted by atomic mass is 10.00. The number of nitrogens with one attached hydrogen (secondary N) is 1. The summed E-state index contributed by atoms with van der Waals surface area (Å²) in [6.07, 6.45) is 9.28. The topological polar surface area (TPSA) is 37.8 Å². The Morgan fingerprint density at radius 1 is 1.13 bits per heavy atom. The van der Waals surface area contributed by atoms with Crippen LogP contribution in [0.25, 0.3) is 0 Å². The van der Waals surface area contributed by atoms with Crippen LogP contribution in [0.5, 0.6) is 0 Å². The van der Waals surface area contributed by atoms with Gasteiger partial charge in [0, 0.05) is 0 Å². The molecule has 3 nitrogen and oxygen atoms in total. The Kier molecular flexibility index (Phi) is 2.41. The highest BCUT2D eigenvalue weighted by Gasteiger charge is 2.20. The average Bonchev–Trinajstić information content (AvgIpc) is 2.82. The van der Waals surface area contributed by atoms with Crippen molar-refractivity contribution in [1.82, 2.24) is 15.3 Å². The van der Waals surface area contributed by atoms with Gasteiger partial charge in [0.25, 0.3) is 0 Å². The summed E-state index contributed by atoms with van der Waals surface area (Å²) in [5.41, 5.74) is 3.66. The number of aromatic nitrogens is 2. The van der Waals surface area contributed by atoms with Crippen LogP contribution < -0.4 is 5.32 Å². The van der Waals surface area contributed by atoms with Crippen molar-refractivity contribution in [3.63, 3.8) is 0 Å². The number of nitrogens with zero attached hydrogens (tertiary/aromatic N) is 2. The third kappa shape index (κ3) is 1.76. The first-order valence-corrected chi connectivity index (χ1v) is 6.01. The molecule has 1 aromatic heterocycles. The van der Waals surface area contributed by atoms with E-state index in [9.17, 15) is 0 Å². The Bertz CT molecular complexity index is 356. The third-order valence-corrected chi connectivity index (χ3v) is 3.44. The largest absolute Gasteiger partial charge is 0.309 e. The molecule has 0 radical (unpaired) electrons. The number of hydrogen-bond acceptors (Lipinski definition) is 3. The lowest BCUT2D eigenvalue weighted by Gasteiger charge is -2.16. The zero-order chi connectivity index (χ0) is 10.1. The first kappa shape index (κ1) is 9.28. The van der Waals surface area contributed by atoms with Crippen LogP contribution in [0, 0.1) is 0 Å². The minimum absolute atomic E-state index is 0.463. The van der Waals surface area contributed by atoms with Crippen LogP contribution in [-0.4, -0.2) is 16.5 Å². The first-order valence-electron chi connectivity index (χ1n) is 6.01. The highest BCUT2D eigenvalue weighted by Crippen LogP contribution is 2.23. The van der Waals surface area contributed by atoms with E-state index in [-0.39, 0.29) is 0 Å². The molecule has 1 atom stereocenters. The van der Waals surface area contributed by atoms with E-state index in [4.69, 9.17) is 4.98 Å². The molecule has 0 bridgehead atoms. The van der Waals surface area contributed by atoms with Crippen molar-refractivity contribution in [1.29, 1.82) is 0 Å². The Labute approximate surface area is 90.3 Å². The minimum atomic E-state index is 0.463. The van der Waals surface area contributed by atoms with E-state index >= 15 is 0 Å². The fraction of sp³-hybridized carbons (Fsp3) is 0.667. The number of rotatable bonds is 1. The van der Waals surface area contributed by atoms with Crippen LogP contribution in [0.15, 0.2) is 6.20 Å². The summed E-state index contributed by atoms with van der Waals surface area (Å²) in [4.78, 5) is 9.33. The van der Waals surface area contributed by atoms with E-state index in [0.29, 0.717) is 6.04 Å². The predicted molar refractivity (Wildman–Crippen MR) is 58.7 cm³/mol. The monoisotopic (exact) mass is 203 g/mol. The number of hydrogen-bond donors (Lipinski definition) is 1. The normalized spacial score (nSPS) is 25.2. The maximum atomic E-state index is 4.77. The van der Waals surface area contributed by atoms with Gasteiger partial charge in [0.2, 0.25) is 0 Å². The van der Waals surface area contributed by atoms with Gasteiger partial charge in [-0.25, -0.2) is 0 Å². The van der Waals surface area contributed by atoms with Gasteiger partial charge in [0.15, 0.2) is 0 Å². The van der Waals surface area contributed by atoms with Crippen molar-refractivity contribution in [2.45, 2.75) is 44.6 Å². The molecule has 0 amide bonds. The highest BCUT2D eigenvalue weighted by atomic mass is 15.0. The van der Waals surface area contributed by atoms with E-state index in [2.05, 4.69) is 10.3 Å². The van der Waals surface area contributed by atoms with Gasteiger partial charge in [-0.3, -0.25) is 9.97 Å². The van der Waals surface area contributed by atoms with E-state index < -0.39 is 0 Å². The van der Waals surface area contributed by atoms with Gasteiger partial charge >= 0.3 is 0 Å². The Morgan fingerprint density at radius 2 is 2.00 bits per heavy atom. The maximum Gasteiger partial charge on any atom is 0.0759 e. The molecular weight excluding hydrogens is 186 g/mol. The van der Waals surface area contributed by atoms with Gasteiger partial charge in [-0.1, -0.05) is 0 Å². The van der Waals surface area contributed by atoms with Gasteiger partial charge in [0.05, 0.1) is 29.3 Å². The van der Waals surface area contributed by atoms with Crippen LogP contribution in [0.4, 0.5) is 0 Å². The van der Waals surface area contributed by atoms with Crippen LogP contribution in [0.1, 0.15) is 48.8 Å². The summed E-state index contributed by atoms with van der Waals surface area (Å²) in [5, 5.41) is 3.48. The fourth-order valence-corrected chi connectivity index (χ4v) is 2.57. The summed E-state index contributed by atoms with van der Waals surface area (Å²) < 4.78 is 0. The molecule has 1 fully saturated rings. The molecule has 80 valence electrons. The summed E-state index contributed by atoms with van der Waals surface area (Å²) in [6, 6.07) is 0.463. The molecule has 0 saturated carbocycles. The summed E-state index contributed by atoms with van der Waals surface area (Å²) >= 11 is 0. The number of aryl methyl sites for hydroxylation is 2. The molecule has 1 aliphatic heterocycles. The standard InChI is InChI=1S/C12H17N3/c1-2-5-11-9(4-1)14-8-12(15-11)10-6-3-7-13-10/h8,10,13H,1-7H2. The van der Waals surface area contributed by atoms with E-state index in [1.165, 1.54) is 37.1 Å². The van der Waals surface area contributed by atoms with Crippen molar-refractivity contribution in [3.8, 4) is 0 Å². The molecule has 1 saturated heterocycles. The van der Waals surface area contributed by atoms with Crippen LogP contribution in [0.3, 0.4) is 0 Å². The van der Waals surface area contributed by atoms with E-state index in [0.717, 1.165) is 25.1 Å². The molecule has 3 heteroatoms. The van der Waals surface area contributed by atoms with Crippen molar-refractivity contribution >= 4 is 0 Å². The van der Waals surface area contributed by atoms with Gasteiger partial charge < -0.3 is 5.32 Å². The molecule has 1 N–H and O–H groups in total. The summed E-state index contributed by atoms with van der Waals surface area (Å²) in [7, 11) is 0. The lowest BCUT2D eigenvalue weighted by Crippen LogP contribution is -2.17. The van der Waals surface area contributed by atoms with Crippen molar-refractivity contribution in [3.05, 3.63) is 23.3 Å². The molecule has 15 heavy (non-hydrogen) atoms. The van der Waals surface area contributed by atoms with Gasteiger partial charge in [-0.2, -0.15) is 0 Å². The van der Waals surface area contributed by atoms with Crippen molar-refractivity contribution < 1.29 is 0 Å². The first-order chi connectivity index (χ1) is 7.43. The van der Waals surface area contributed by atoms with E-state index in [1.54, 1.807) is 0 Å². The summed E-state index contributed by atoms with van der Waals surface area (Å²) in [5.74, 6) is 0. The zero-order valence-corrected chi connectivity index (χ0v) is 9.00. The third-order valence-electron chi connectivity index (χ3n) is 3.44. The average molecular weight is 203 g/mol. The minimum Gasteiger partial charge on any atom is -0.309 e. The molecule has 3 rings (SSSR count). The summed E-state index contributed by atoms with van der Waals surface area (Å²) in [6.45, 7) is 1.13. The second kappa shape index (κ2) is 3.89. The van der Waals surface area contributed by atoms with Crippen LogP contribution in [-0.2, 0) is 12.8 Å². The molecule has 1 aromatic rings. The maximum absolute atomic E-state index is 4.77. The Morgan fingerprint density at radius 3 is 2.80 bits per heavy atom. The second-order valence-corrected chi connectivity index (χ2v) is 4.54. The highest BCUT2D eigenvalue weighted by molar-refractivity contribution is 5.18. The molecule has 1 aliphatic carbocycles. The molecule has 2 heterocycles. The van der Waals surface area contributed by atoms with Crippen molar-refractivity contribution in [2.24, 2.45) is 0 Å².